The van der Waals surface area contributed by atoms with E-state index in [2.05, 4.69) is 4.98 Å². The second-order valence-corrected chi connectivity index (χ2v) is 10.8. The molecule has 1 aromatic carbocycles. The molecule has 0 bridgehead atoms. The van der Waals surface area contributed by atoms with Crippen LogP contribution in [0.2, 0.25) is 0 Å². The predicted octanol–water partition coefficient (Wildman–Crippen LogP) is 1.03. The molecular weight excluding hydrogens is 446 g/mol. The average Bonchev–Trinajstić information content (AvgIpc) is 3.22. The lowest BCUT2D eigenvalue weighted by atomic mass is 9.99. The number of sulfonamides is 1. The number of likely N-dealkylation sites (N-methyl/N-ethyl adjacent to an activating group) is 1. The Bertz CT molecular complexity index is 1100. The Morgan fingerprint density at radius 1 is 1.30 bits per heavy atom. The van der Waals surface area contributed by atoms with E-state index in [1.54, 1.807) is 35.6 Å². The number of aryl methyl sites for hydroxylation is 1. The molecule has 33 heavy (non-hydrogen) atoms. The minimum absolute atomic E-state index is 0.0360. The van der Waals surface area contributed by atoms with Gasteiger partial charge in [0.2, 0.25) is 0 Å². The van der Waals surface area contributed by atoms with Crippen molar-refractivity contribution >= 4 is 21.6 Å². The number of hydrogen-bond acceptors (Lipinski definition) is 7. The lowest BCUT2D eigenvalue weighted by Crippen LogP contribution is -2.50. The first kappa shape index (κ1) is 25.0. The van der Waals surface area contributed by atoms with E-state index in [1.807, 2.05) is 32.0 Å². The summed E-state index contributed by atoms with van der Waals surface area (Å²) < 4.78 is 35.3. The number of para-hydroxylation sites is 1. The zero-order chi connectivity index (χ0) is 24.5. The quantitative estimate of drug-likeness (QED) is 0.632. The fourth-order valence-corrected chi connectivity index (χ4v) is 4.97. The van der Waals surface area contributed by atoms with Crippen molar-refractivity contribution in [1.82, 2.24) is 18.8 Å². The average molecular weight is 480 g/mol. The summed E-state index contributed by atoms with van der Waals surface area (Å²) in [7, 11) is 3.09. The van der Waals surface area contributed by atoms with E-state index in [4.69, 9.17) is 4.74 Å². The van der Waals surface area contributed by atoms with Gasteiger partial charge in [0.15, 0.2) is 10.8 Å². The summed E-state index contributed by atoms with van der Waals surface area (Å²) in [5.41, 5.74) is 1.10. The molecule has 1 aliphatic rings. The molecule has 2 heterocycles. The molecule has 182 valence electrons. The first-order valence-corrected chi connectivity index (χ1v) is 12.2. The van der Waals surface area contributed by atoms with Crippen LogP contribution >= 0.6 is 0 Å². The zero-order valence-corrected chi connectivity index (χ0v) is 20.8. The molecule has 1 N–H and O–H groups in total. The second-order valence-electron chi connectivity index (χ2n) is 8.83. The summed E-state index contributed by atoms with van der Waals surface area (Å²) in [6.07, 6.45) is 2.35. The molecule has 0 saturated heterocycles. The molecule has 2 aromatic rings. The Morgan fingerprint density at radius 3 is 2.58 bits per heavy atom. The smallest absolute Gasteiger partial charge is 0.261 e. The molecule has 0 unspecified atom stereocenters. The summed E-state index contributed by atoms with van der Waals surface area (Å²) in [6.45, 7) is 3.90. The summed E-state index contributed by atoms with van der Waals surface area (Å²) in [4.78, 5) is 20.9. The van der Waals surface area contributed by atoms with Crippen molar-refractivity contribution in [2.75, 3.05) is 45.7 Å². The zero-order valence-electron chi connectivity index (χ0n) is 20.0. The van der Waals surface area contributed by atoms with E-state index in [0.717, 1.165) is 0 Å². The van der Waals surface area contributed by atoms with E-state index in [9.17, 15) is 18.3 Å². The van der Waals surface area contributed by atoms with Crippen LogP contribution in [0.1, 0.15) is 24.2 Å². The van der Waals surface area contributed by atoms with Crippen LogP contribution in [0.25, 0.3) is 0 Å². The van der Waals surface area contributed by atoms with Crippen LogP contribution in [0.4, 0.5) is 5.69 Å². The van der Waals surface area contributed by atoms with Gasteiger partial charge in [0.05, 0.1) is 36.8 Å². The fourth-order valence-electron chi connectivity index (χ4n) is 3.83. The molecule has 11 heteroatoms. The summed E-state index contributed by atoms with van der Waals surface area (Å²) >= 11 is 0. The number of amides is 1. The highest BCUT2D eigenvalue weighted by Crippen LogP contribution is 2.36. The molecule has 3 atom stereocenters. The Labute approximate surface area is 195 Å². The van der Waals surface area contributed by atoms with Crippen LogP contribution in [-0.4, -0.2) is 91.2 Å². The second kappa shape index (κ2) is 9.70. The van der Waals surface area contributed by atoms with Gasteiger partial charge in [-0.15, -0.1) is 0 Å². The van der Waals surface area contributed by atoms with Gasteiger partial charge >= 0.3 is 0 Å². The SMILES string of the molecule is C[C@@H]1CN([C@@H](C)CO)C(=O)c2cccc(N(C)C)c2O[C@H]1CN(C)S(=O)(=O)c1cn(C)cn1. The van der Waals surface area contributed by atoms with Gasteiger partial charge < -0.3 is 24.2 Å². The lowest BCUT2D eigenvalue weighted by molar-refractivity contribution is 0.0388. The van der Waals surface area contributed by atoms with Gasteiger partial charge in [-0.2, -0.15) is 4.31 Å². The van der Waals surface area contributed by atoms with Crippen LogP contribution < -0.4 is 9.64 Å². The first-order chi connectivity index (χ1) is 15.5. The maximum atomic E-state index is 13.4. The number of imidazole rings is 1. The molecule has 0 spiro atoms. The number of carbonyl (C=O) groups is 1. The topological polar surface area (TPSA) is 108 Å². The van der Waals surface area contributed by atoms with E-state index in [0.29, 0.717) is 23.5 Å². The molecule has 0 aliphatic carbocycles. The van der Waals surface area contributed by atoms with Crippen LogP contribution in [0.3, 0.4) is 0 Å². The van der Waals surface area contributed by atoms with E-state index in [-0.39, 0.29) is 30.0 Å². The van der Waals surface area contributed by atoms with Crippen molar-refractivity contribution in [2.45, 2.75) is 31.0 Å². The number of ether oxygens (including phenoxy) is 1. The van der Waals surface area contributed by atoms with Crippen molar-refractivity contribution in [3.63, 3.8) is 0 Å². The van der Waals surface area contributed by atoms with Crippen LogP contribution in [0.5, 0.6) is 5.75 Å². The van der Waals surface area contributed by atoms with Crippen molar-refractivity contribution in [1.29, 1.82) is 0 Å². The Kier molecular flexibility index (Phi) is 7.35. The summed E-state index contributed by atoms with van der Waals surface area (Å²) in [5, 5.41) is 9.72. The Morgan fingerprint density at radius 2 is 2.00 bits per heavy atom. The molecular formula is C22H33N5O5S. The number of benzene rings is 1. The van der Waals surface area contributed by atoms with Crippen LogP contribution in [-0.2, 0) is 17.1 Å². The van der Waals surface area contributed by atoms with Gasteiger partial charge in [0.25, 0.3) is 15.9 Å². The maximum absolute atomic E-state index is 13.4. The number of nitrogens with zero attached hydrogens (tertiary/aromatic N) is 5. The summed E-state index contributed by atoms with van der Waals surface area (Å²) in [6, 6.07) is 4.94. The minimum Gasteiger partial charge on any atom is -0.486 e. The number of carbonyl (C=O) groups excluding carboxylic acids is 1. The Balaban J connectivity index is 2.02. The van der Waals surface area contributed by atoms with Gasteiger partial charge in [-0.25, -0.2) is 13.4 Å². The molecule has 1 aliphatic heterocycles. The highest BCUT2D eigenvalue weighted by atomic mass is 32.2. The van der Waals surface area contributed by atoms with E-state index in [1.165, 1.54) is 23.9 Å². The molecule has 1 aromatic heterocycles. The van der Waals surface area contributed by atoms with Gasteiger partial charge in [-0.3, -0.25) is 4.79 Å². The fraction of sp³-hybridized carbons (Fsp3) is 0.545. The molecule has 0 fully saturated rings. The van der Waals surface area contributed by atoms with E-state index >= 15 is 0 Å². The molecule has 10 nitrogen and oxygen atoms in total. The van der Waals surface area contributed by atoms with Gasteiger partial charge in [0.1, 0.15) is 6.10 Å². The number of anilines is 1. The third-order valence-corrected chi connectivity index (χ3v) is 7.65. The van der Waals surface area contributed by atoms with Crippen molar-refractivity contribution in [3.8, 4) is 5.75 Å². The first-order valence-electron chi connectivity index (χ1n) is 10.8. The number of aromatic nitrogens is 2. The van der Waals surface area contributed by atoms with Crippen molar-refractivity contribution < 1.29 is 23.1 Å². The number of hydrogen-bond donors (Lipinski definition) is 1. The van der Waals surface area contributed by atoms with Gasteiger partial charge in [-0.05, 0) is 19.1 Å². The van der Waals surface area contributed by atoms with Gasteiger partial charge in [0, 0.05) is 46.9 Å². The van der Waals surface area contributed by atoms with Gasteiger partial charge in [-0.1, -0.05) is 13.0 Å². The minimum atomic E-state index is -3.82. The molecule has 0 radical (unpaired) electrons. The highest BCUT2D eigenvalue weighted by molar-refractivity contribution is 7.89. The molecule has 1 amide bonds. The van der Waals surface area contributed by atoms with Crippen LogP contribution in [0.15, 0.2) is 35.7 Å². The maximum Gasteiger partial charge on any atom is 0.261 e. The molecule has 0 saturated carbocycles. The third-order valence-electron chi connectivity index (χ3n) is 5.95. The monoisotopic (exact) mass is 479 g/mol. The third kappa shape index (κ3) is 4.99. The largest absolute Gasteiger partial charge is 0.486 e. The number of rotatable bonds is 7. The lowest BCUT2D eigenvalue weighted by Gasteiger charge is -2.38. The number of aliphatic hydroxyl groups excluding tert-OH is 1. The summed E-state index contributed by atoms with van der Waals surface area (Å²) in [5.74, 6) is -0.0365. The highest BCUT2D eigenvalue weighted by Gasteiger charge is 2.36. The normalized spacial score (nSPS) is 20.1. The van der Waals surface area contributed by atoms with Crippen molar-refractivity contribution in [2.24, 2.45) is 13.0 Å². The predicted molar refractivity (Wildman–Crippen MR) is 125 cm³/mol. The van der Waals surface area contributed by atoms with Crippen molar-refractivity contribution in [3.05, 3.63) is 36.3 Å². The van der Waals surface area contributed by atoms with Crippen LogP contribution in [0, 0.1) is 5.92 Å². The van der Waals surface area contributed by atoms with E-state index < -0.39 is 22.2 Å². The standard InChI is InChI=1S/C22H33N5O5S/c1-15-10-27(16(2)13-28)22(29)17-8-7-9-18(24(3)4)21(17)32-19(15)11-26(6)33(30,31)20-12-25(5)14-23-20/h7-9,12,14-16,19,28H,10-11,13H2,1-6H3/t15-,16+,19+/m1/s1. The molecule has 3 rings (SSSR count). The number of fused-ring (bicyclic) bond motifs is 1. The Hall–Kier alpha value is -2.63. The number of aliphatic hydroxyl groups is 1.